The van der Waals surface area contributed by atoms with E-state index in [1.54, 1.807) is 0 Å². The third-order valence-corrected chi connectivity index (χ3v) is 2.55. The molecular formula is C14H20F3NO2. The number of hydrogen-bond donors (Lipinski definition) is 1. The fourth-order valence-corrected chi connectivity index (χ4v) is 1.64. The van der Waals surface area contributed by atoms with Crippen molar-refractivity contribution in [1.82, 2.24) is 0 Å². The Labute approximate surface area is 116 Å². The summed E-state index contributed by atoms with van der Waals surface area (Å²) in [5, 5.41) is 0. The van der Waals surface area contributed by atoms with Crippen LogP contribution in [-0.2, 0) is 17.5 Å². The maximum atomic E-state index is 12.7. The van der Waals surface area contributed by atoms with Gasteiger partial charge in [-0.25, -0.2) is 0 Å². The summed E-state index contributed by atoms with van der Waals surface area (Å²) in [5.41, 5.74) is 4.65. The van der Waals surface area contributed by atoms with Crippen LogP contribution < -0.4 is 10.5 Å². The molecule has 0 aliphatic rings. The molecule has 0 amide bonds. The minimum absolute atomic E-state index is 0.0260. The van der Waals surface area contributed by atoms with Gasteiger partial charge in [0.2, 0.25) is 0 Å². The Morgan fingerprint density at radius 1 is 1.20 bits per heavy atom. The lowest BCUT2D eigenvalue weighted by atomic mass is 10.1. The van der Waals surface area contributed by atoms with E-state index in [2.05, 4.69) is 0 Å². The van der Waals surface area contributed by atoms with Crippen molar-refractivity contribution in [2.24, 2.45) is 11.7 Å². The Kier molecular flexibility index (Phi) is 6.29. The Balaban J connectivity index is 2.56. The van der Waals surface area contributed by atoms with E-state index in [4.69, 9.17) is 15.2 Å². The quantitative estimate of drug-likeness (QED) is 0.785. The van der Waals surface area contributed by atoms with Crippen molar-refractivity contribution in [3.63, 3.8) is 0 Å². The fraction of sp³-hybridized carbons (Fsp3) is 0.571. The molecule has 0 fully saturated rings. The normalized spacial score (nSPS) is 11.9. The van der Waals surface area contributed by atoms with Gasteiger partial charge in [0.15, 0.2) is 0 Å². The first-order chi connectivity index (χ1) is 9.34. The first-order valence-corrected chi connectivity index (χ1v) is 6.45. The summed E-state index contributed by atoms with van der Waals surface area (Å²) in [6, 6.07) is 3.61. The first kappa shape index (κ1) is 16.8. The van der Waals surface area contributed by atoms with Crippen molar-refractivity contribution < 1.29 is 22.6 Å². The molecule has 1 rings (SSSR count). The van der Waals surface area contributed by atoms with Gasteiger partial charge in [0.05, 0.1) is 12.2 Å². The number of nitrogens with two attached hydrogens (primary N) is 1. The molecule has 3 nitrogen and oxygen atoms in total. The molecule has 0 saturated heterocycles. The molecule has 0 saturated carbocycles. The predicted octanol–water partition coefficient (Wildman–Crippen LogP) is 3.22. The topological polar surface area (TPSA) is 44.5 Å². The van der Waals surface area contributed by atoms with Crippen molar-refractivity contribution in [3.05, 3.63) is 29.3 Å². The molecule has 20 heavy (non-hydrogen) atoms. The van der Waals surface area contributed by atoms with Crippen molar-refractivity contribution >= 4 is 0 Å². The molecule has 0 unspecified atom stereocenters. The van der Waals surface area contributed by atoms with Crippen molar-refractivity contribution in [2.75, 3.05) is 19.8 Å². The van der Waals surface area contributed by atoms with Gasteiger partial charge in [0, 0.05) is 13.2 Å². The average Bonchev–Trinajstić information content (AvgIpc) is 2.36. The second-order valence-corrected chi connectivity index (χ2v) is 4.84. The van der Waals surface area contributed by atoms with Crippen LogP contribution in [0.15, 0.2) is 18.2 Å². The lowest BCUT2D eigenvalue weighted by Gasteiger charge is -2.14. The second-order valence-electron chi connectivity index (χ2n) is 4.84. The van der Waals surface area contributed by atoms with Crippen LogP contribution in [0.1, 0.15) is 25.0 Å². The maximum Gasteiger partial charge on any atom is 0.416 e. The zero-order valence-corrected chi connectivity index (χ0v) is 11.7. The van der Waals surface area contributed by atoms with Crippen LogP contribution in [0, 0.1) is 5.92 Å². The minimum atomic E-state index is -4.40. The number of ether oxygens (including phenoxy) is 2. The SMILES string of the molecule is CC(C)COCCOc1ccc(C(F)(F)F)c(CN)c1. The molecule has 0 aliphatic heterocycles. The van der Waals surface area contributed by atoms with Crippen molar-refractivity contribution in [2.45, 2.75) is 26.6 Å². The van der Waals surface area contributed by atoms with Crippen molar-refractivity contribution in [3.8, 4) is 5.75 Å². The van der Waals surface area contributed by atoms with Gasteiger partial charge in [-0.15, -0.1) is 0 Å². The van der Waals surface area contributed by atoms with Crippen LogP contribution in [0.3, 0.4) is 0 Å². The van der Waals surface area contributed by atoms with Crippen LogP contribution in [-0.4, -0.2) is 19.8 Å². The van der Waals surface area contributed by atoms with Crippen LogP contribution in [0.4, 0.5) is 13.2 Å². The van der Waals surface area contributed by atoms with Gasteiger partial charge in [0.1, 0.15) is 12.4 Å². The van der Waals surface area contributed by atoms with Crippen molar-refractivity contribution in [1.29, 1.82) is 0 Å². The van der Waals surface area contributed by atoms with Crippen LogP contribution in [0.5, 0.6) is 5.75 Å². The van der Waals surface area contributed by atoms with Crippen LogP contribution >= 0.6 is 0 Å². The summed E-state index contributed by atoms with van der Waals surface area (Å²) < 4.78 is 48.7. The molecule has 0 bridgehead atoms. The Hall–Kier alpha value is -1.27. The molecule has 0 heterocycles. The summed E-state index contributed by atoms with van der Waals surface area (Å²) >= 11 is 0. The predicted molar refractivity (Wildman–Crippen MR) is 70.5 cm³/mol. The lowest BCUT2D eigenvalue weighted by Crippen LogP contribution is -2.13. The van der Waals surface area contributed by atoms with E-state index in [9.17, 15) is 13.2 Å². The Morgan fingerprint density at radius 2 is 1.90 bits per heavy atom. The highest BCUT2D eigenvalue weighted by molar-refractivity contribution is 5.37. The highest BCUT2D eigenvalue weighted by Gasteiger charge is 2.32. The minimum Gasteiger partial charge on any atom is -0.491 e. The summed E-state index contributed by atoms with van der Waals surface area (Å²) in [7, 11) is 0. The van der Waals surface area contributed by atoms with Crippen LogP contribution in [0.2, 0.25) is 0 Å². The maximum absolute atomic E-state index is 12.7. The zero-order valence-electron chi connectivity index (χ0n) is 11.7. The standard InChI is InChI=1S/C14H20F3NO2/c1-10(2)9-19-5-6-20-12-3-4-13(14(15,16)17)11(7-12)8-18/h3-4,7,10H,5-6,8-9,18H2,1-2H3. The van der Waals surface area contributed by atoms with E-state index in [1.807, 2.05) is 13.8 Å². The second kappa shape index (κ2) is 7.50. The molecule has 0 spiro atoms. The molecule has 114 valence electrons. The van der Waals surface area contributed by atoms with Gasteiger partial charge >= 0.3 is 6.18 Å². The summed E-state index contributed by atoms with van der Waals surface area (Å²) in [4.78, 5) is 0. The zero-order chi connectivity index (χ0) is 15.2. The molecule has 0 atom stereocenters. The smallest absolute Gasteiger partial charge is 0.416 e. The number of benzene rings is 1. The highest BCUT2D eigenvalue weighted by Crippen LogP contribution is 2.33. The van der Waals surface area contributed by atoms with Gasteiger partial charge in [-0.1, -0.05) is 13.8 Å². The molecule has 6 heteroatoms. The number of rotatable bonds is 7. The summed E-state index contributed by atoms with van der Waals surface area (Å²) in [5.74, 6) is 0.802. The summed E-state index contributed by atoms with van der Waals surface area (Å²) in [6.07, 6.45) is -4.40. The van der Waals surface area contributed by atoms with E-state index in [0.29, 0.717) is 31.5 Å². The van der Waals surface area contributed by atoms with Crippen LogP contribution in [0.25, 0.3) is 0 Å². The molecule has 0 radical (unpaired) electrons. The molecule has 1 aromatic carbocycles. The fourth-order valence-electron chi connectivity index (χ4n) is 1.64. The Bertz CT molecular complexity index is 419. The van der Waals surface area contributed by atoms with Gasteiger partial charge in [-0.05, 0) is 29.7 Å². The Morgan fingerprint density at radius 3 is 2.45 bits per heavy atom. The summed E-state index contributed by atoms with van der Waals surface area (Å²) in [6.45, 7) is 5.20. The third kappa shape index (κ3) is 5.38. The van der Waals surface area contributed by atoms with E-state index < -0.39 is 11.7 Å². The lowest BCUT2D eigenvalue weighted by molar-refractivity contribution is -0.138. The van der Waals surface area contributed by atoms with Gasteiger partial charge in [0.25, 0.3) is 0 Å². The van der Waals surface area contributed by atoms with E-state index in [1.165, 1.54) is 12.1 Å². The molecule has 1 aromatic rings. The van der Waals surface area contributed by atoms with Gasteiger partial charge < -0.3 is 15.2 Å². The first-order valence-electron chi connectivity index (χ1n) is 6.45. The van der Waals surface area contributed by atoms with Gasteiger partial charge in [-0.2, -0.15) is 13.2 Å². The molecular weight excluding hydrogens is 271 g/mol. The number of hydrogen-bond acceptors (Lipinski definition) is 3. The van der Waals surface area contributed by atoms with Gasteiger partial charge in [-0.3, -0.25) is 0 Å². The average molecular weight is 291 g/mol. The molecule has 0 aromatic heterocycles. The van der Waals surface area contributed by atoms with E-state index >= 15 is 0 Å². The largest absolute Gasteiger partial charge is 0.491 e. The molecule has 0 aliphatic carbocycles. The highest BCUT2D eigenvalue weighted by atomic mass is 19.4. The van der Waals surface area contributed by atoms with E-state index in [0.717, 1.165) is 6.07 Å². The third-order valence-electron chi connectivity index (χ3n) is 2.55. The monoisotopic (exact) mass is 291 g/mol. The van der Waals surface area contributed by atoms with E-state index in [-0.39, 0.29) is 12.1 Å². The molecule has 2 N–H and O–H groups in total. The number of alkyl halides is 3. The number of halogens is 3.